The van der Waals surface area contributed by atoms with E-state index in [0.717, 1.165) is 11.4 Å². The molecule has 100 valence electrons. The van der Waals surface area contributed by atoms with Crippen LogP contribution in [-0.2, 0) is 0 Å². The Morgan fingerprint density at radius 2 is 1.50 bits per heavy atom. The van der Waals surface area contributed by atoms with Gasteiger partial charge in [-0.25, -0.2) is 0 Å². The summed E-state index contributed by atoms with van der Waals surface area (Å²) in [5, 5.41) is 7.67. The molecule has 1 aromatic rings. The van der Waals surface area contributed by atoms with Gasteiger partial charge in [0.25, 0.3) is 0 Å². The zero-order valence-electron chi connectivity index (χ0n) is 10.7. The van der Waals surface area contributed by atoms with Gasteiger partial charge in [-0.2, -0.15) is 4.99 Å². The molecule has 0 atom stereocenters. The molecule has 0 aromatic heterocycles. The second kappa shape index (κ2) is 6.70. The molecule has 0 spiro atoms. The molecule has 0 unspecified atom stereocenters. The predicted octanol–water partition coefficient (Wildman–Crippen LogP) is 0.819. The highest BCUT2D eigenvalue weighted by molar-refractivity contribution is 6.00. The highest BCUT2D eigenvalue weighted by Crippen LogP contribution is 2.18. The molecule has 0 radical (unpaired) electrons. The molecule has 1 aromatic carbocycles. The topological polar surface area (TPSA) is 94.7 Å². The van der Waals surface area contributed by atoms with Crippen molar-refractivity contribution in [1.29, 1.82) is 5.41 Å². The van der Waals surface area contributed by atoms with E-state index in [-0.39, 0.29) is 24.3 Å². The zero-order valence-corrected chi connectivity index (χ0v) is 11.5. The number of benzene rings is 1. The highest BCUT2D eigenvalue weighted by atomic mass is 35.5. The molecule has 0 heterocycles. The van der Waals surface area contributed by atoms with E-state index in [0.29, 0.717) is 0 Å². The average Bonchev–Trinajstić information content (AvgIpc) is 2.27. The summed E-state index contributed by atoms with van der Waals surface area (Å²) in [5.74, 6) is -0.116. The maximum atomic E-state index is 7.67. The van der Waals surface area contributed by atoms with Gasteiger partial charge in [0, 0.05) is 32.5 Å². The normalized spacial score (nSPS) is 9.06. The fourth-order valence-electron chi connectivity index (χ4n) is 1.29. The van der Waals surface area contributed by atoms with E-state index in [2.05, 4.69) is 4.99 Å². The van der Waals surface area contributed by atoms with Crippen LogP contribution in [0.3, 0.4) is 0 Å². The van der Waals surface area contributed by atoms with Crippen molar-refractivity contribution in [2.24, 2.45) is 16.5 Å². The van der Waals surface area contributed by atoms with Crippen LogP contribution in [0.2, 0.25) is 0 Å². The predicted molar refractivity (Wildman–Crippen MR) is 80.0 cm³/mol. The van der Waals surface area contributed by atoms with Gasteiger partial charge in [-0.1, -0.05) is 0 Å². The Morgan fingerprint density at radius 3 is 1.89 bits per heavy atom. The summed E-state index contributed by atoms with van der Waals surface area (Å²) >= 11 is 0. The molecule has 5 N–H and O–H groups in total. The lowest BCUT2D eigenvalue weighted by atomic mass is 10.2. The van der Waals surface area contributed by atoms with Gasteiger partial charge in [-0.3, -0.25) is 5.41 Å². The van der Waals surface area contributed by atoms with E-state index in [4.69, 9.17) is 16.9 Å². The van der Waals surface area contributed by atoms with Crippen molar-refractivity contribution in [3.8, 4) is 0 Å². The van der Waals surface area contributed by atoms with Gasteiger partial charge in [0.1, 0.15) is 0 Å². The molecule has 0 saturated heterocycles. The Hall–Kier alpha value is -1.95. The number of hydrogen-bond acceptors (Lipinski definition) is 2. The standard InChI is InChI=1S/C11H18N6.ClH/c1-16(2)8-4-6-9(7-5-8)17(3)11(14)15-10(12)13;/h4-7H,1-3H3,(H5,12,13,14,15);1H. The smallest absolute Gasteiger partial charge is 0.225 e. The molecule has 0 aliphatic carbocycles. The summed E-state index contributed by atoms with van der Waals surface area (Å²) in [4.78, 5) is 7.28. The van der Waals surface area contributed by atoms with Gasteiger partial charge >= 0.3 is 0 Å². The SMILES string of the molecule is CN(C)c1ccc(N(C)C(=N)N=C(N)N)cc1.Cl. The number of nitrogens with two attached hydrogens (primary N) is 2. The van der Waals surface area contributed by atoms with Crippen LogP contribution in [-0.4, -0.2) is 33.1 Å². The van der Waals surface area contributed by atoms with Crippen LogP contribution < -0.4 is 21.3 Å². The van der Waals surface area contributed by atoms with Crippen molar-refractivity contribution in [3.05, 3.63) is 24.3 Å². The van der Waals surface area contributed by atoms with Crippen LogP contribution in [0.15, 0.2) is 29.3 Å². The van der Waals surface area contributed by atoms with Crippen molar-refractivity contribution < 1.29 is 0 Å². The van der Waals surface area contributed by atoms with Gasteiger partial charge in [0.2, 0.25) is 5.96 Å². The average molecular weight is 271 g/mol. The molecule has 6 nitrogen and oxygen atoms in total. The molecule has 7 heteroatoms. The van der Waals surface area contributed by atoms with Crippen LogP contribution >= 0.6 is 12.4 Å². The molecular weight excluding hydrogens is 252 g/mol. The summed E-state index contributed by atoms with van der Waals surface area (Å²) in [6.07, 6.45) is 0. The van der Waals surface area contributed by atoms with Crippen LogP contribution in [0.1, 0.15) is 0 Å². The fourth-order valence-corrected chi connectivity index (χ4v) is 1.29. The van der Waals surface area contributed by atoms with Crippen LogP contribution in [0, 0.1) is 5.41 Å². The number of guanidine groups is 2. The lowest BCUT2D eigenvalue weighted by molar-refractivity contribution is 1.13. The fraction of sp³-hybridized carbons (Fsp3) is 0.273. The lowest BCUT2D eigenvalue weighted by Gasteiger charge is -2.19. The first-order chi connectivity index (χ1) is 7.91. The number of anilines is 2. The number of nitrogens with zero attached hydrogens (tertiary/aromatic N) is 3. The maximum absolute atomic E-state index is 7.67. The van der Waals surface area contributed by atoms with Gasteiger partial charge < -0.3 is 21.3 Å². The summed E-state index contributed by atoms with van der Waals surface area (Å²) < 4.78 is 0. The van der Waals surface area contributed by atoms with E-state index in [1.807, 2.05) is 43.3 Å². The summed E-state index contributed by atoms with van der Waals surface area (Å²) in [6.45, 7) is 0. The second-order valence-electron chi connectivity index (χ2n) is 3.83. The number of aliphatic imine (C=N–C) groups is 1. The molecule has 0 aliphatic heterocycles. The van der Waals surface area contributed by atoms with E-state index in [1.165, 1.54) is 0 Å². The minimum Gasteiger partial charge on any atom is -0.378 e. The number of rotatable bonds is 2. The van der Waals surface area contributed by atoms with E-state index in [1.54, 1.807) is 11.9 Å². The van der Waals surface area contributed by atoms with Crippen molar-refractivity contribution >= 4 is 35.7 Å². The first-order valence-electron chi connectivity index (χ1n) is 5.11. The van der Waals surface area contributed by atoms with E-state index < -0.39 is 0 Å². The Bertz CT molecular complexity index is 422. The second-order valence-corrected chi connectivity index (χ2v) is 3.83. The first-order valence-corrected chi connectivity index (χ1v) is 5.11. The van der Waals surface area contributed by atoms with Crippen molar-refractivity contribution in [2.45, 2.75) is 0 Å². The summed E-state index contributed by atoms with van der Waals surface area (Å²) in [5.41, 5.74) is 12.4. The Labute approximate surface area is 113 Å². The van der Waals surface area contributed by atoms with Gasteiger partial charge in [0.05, 0.1) is 0 Å². The minimum absolute atomic E-state index is 0. The Kier molecular flexibility index (Phi) is 5.98. The number of hydrogen-bond donors (Lipinski definition) is 3. The maximum Gasteiger partial charge on any atom is 0.225 e. The number of nitrogens with one attached hydrogen (secondary N) is 1. The molecular formula is C11H19ClN6. The van der Waals surface area contributed by atoms with E-state index >= 15 is 0 Å². The Morgan fingerprint density at radius 1 is 1.06 bits per heavy atom. The molecule has 1 rings (SSSR count). The summed E-state index contributed by atoms with van der Waals surface area (Å²) in [7, 11) is 5.68. The third-order valence-corrected chi connectivity index (χ3v) is 2.31. The van der Waals surface area contributed by atoms with Crippen LogP contribution in [0.4, 0.5) is 11.4 Å². The molecule has 0 saturated carbocycles. The third-order valence-electron chi connectivity index (χ3n) is 2.31. The van der Waals surface area contributed by atoms with Crippen molar-refractivity contribution in [3.63, 3.8) is 0 Å². The van der Waals surface area contributed by atoms with Crippen molar-refractivity contribution in [2.75, 3.05) is 30.9 Å². The van der Waals surface area contributed by atoms with Crippen molar-refractivity contribution in [1.82, 2.24) is 0 Å². The summed E-state index contributed by atoms with van der Waals surface area (Å²) in [6, 6.07) is 7.75. The van der Waals surface area contributed by atoms with E-state index in [9.17, 15) is 0 Å². The Balaban J connectivity index is 0.00000289. The number of halogens is 1. The van der Waals surface area contributed by atoms with Gasteiger partial charge in [-0.05, 0) is 24.3 Å². The monoisotopic (exact) mass is 270 g/mol. The highest BCUT2D eigenvalue weighted by Gasteiger charge is 2.06. The third kappa shape index (κ3) is 4.14. The minimum atomic E-state index is -0.119. The largest absolute Gasteiger partial charge is 0.378 e. The van der Waals surface area contributed by atoms with Crippen LogP contribution in [0.25, 0.3) is 0 Å². The molecule has 0 bridgehead atoms. The first kappa shape index (κ1) is 16.1. The molecule has 0 fully saturated rings. The zero-order chi connectivity index (χ0) is 13.0. The molecule has 0 amide bonds. The van der Waals surface area contributed by atoms with Gasteiger partial charge in [0.15, 0.2) is 5.96 Å². The quantitative estimate of drug-likeness (QED) is 0.548. The van der Waals surface area contributed by atoms with Crippen LogP contribution in [0.5, 0.6) is 0 Å². The molecule has 18 heavy (non-hydrogen) atoms. The lowest BCUT2D eigenvalue weighted by Crippen LogP contribution is -2.30. The van der Waals surface area contributed by atoms with Gasteiger partial charge in [-0.15, -0.1) is 12.4 Å². The molecule has 0 aliphatic rings.